The molecule has 17 heavy (non-hydrogen) atoms. The number of rotatable bonds is 6. The van der Waals surface area contributed by atoms with Crippen molar-refractivity contribution < 1.29 is 0 Å². The van der Waals surface area contributed by atoms with E-state index in [1.54, 1.807) is 0 Å². The molecular weight excluding hydrogens is 208 g/mol. The van der Waals surface area contributed by atoms with Crippen LogP contribution in [0.15, 0.2) is 18.3 Å². The second-order valence-electron chi connectivity index (χ2n) is 5.27. The van der Waals surface area contributed by atoms with Crippen molar-refractivity contribution in [1.82, 2.24) is 10.3 Å². The molecule has 0 aliphatic heterocycles. The van der Waals surface area contributed by atoms with Crippen LogP contribution in [-0.4, -0.2) is 17.6 Å². The highest BCUT2D eigenvalue weighted by Gasteiger charge is 2.23. The molecule has 0 radical (unpaired) electrons. The summed E-state index contributed by atoms with van der Waals surface area (Å²) in [5, 5.41) is 3.59. The first kappa shape index (κ1) is 14.2. The summed E-state index contributed by atoms with van der Waals surface area (Å²) < 4.78 is 0. The molecule has 0 spiro atoms. The maximum atomic E-state index is 4.55. The third-order valence-electron chi connectivity index (χ3n) is 3.25. The van der Waals surface area contributed by atoms with E-state index in [9.17, 15) is 0 Å². The van der Waals surface area contributed by atoms with E-state index < -0.39 is 0 Å². The molecule has 0 aliphatic carbocycles. The molecule has 0 amide bonds. The van der Waals surface area contributed by atoms with Crippen LogP contribution in [0.5, 0.6) is 0 Å². The molecule has 2 unspecified atom stereocenters. The van der Waals surface area contributed by atoms with Crippen molar-refractivity contribution in [3.63, 3.8) is 0 Å². The van der Waals surface area contributed by atoms with Crippen molar-refractivity contribution in [2.24, 2.45) is 5.92 Å². The summed E-state index contributed by atoms with van der Waals surface area (Å²) in [6.45, 7) is 12.2. The Hall–Kier alpha value is -0.890. The Morgan fingerprint density at radius 1 is 1.29 bits per heavy atom. The van der Waals surface area contributed by atoms with Crippen molar-refractivity contribution in [1.29, 1.82) is 0 Å². The molecule has 2 nitrogen and oxygen atoms in total. The number of pyridine rings is 1. The highest BCUT2D eigenvalue weighted by Crippen LogP contribution is 2.26. The summed E-state index contributed by atoms with van der Waals surface area (Å²) in [6, 6.07) is 4.75. The normalized spacial score (nSPS) is 14.9. The van der Waals surface area contributed by atoms with Gasteiger partial charge in [0, 0.05) is 23.9 Å². The monoisotopic (exact) mass is 234 g/mol. The lowest BCUT2D eigenvalue weighted by atomic mass is 9.85. The van der Waals surface area contributed by atoms with Crippen molar-refractivity contribution in [2.75, 3.05) is 6.54 Å². The van der Waals surface area contributed by atoms with E-state index in [1.165, 1.54) is 17.7 Å². The van der Waals surface area contributed by atoms with Crippen LogP contribution in [0.25, 0.3) is 0 Å². The molecule has 0 aliphatic rings. The van der Waals surface area contributed by atoms with Gasteiger partial charge >= 0.3 is 0 Å². The smallest absolute Gasteiger partial charge is 0.0455 e. The van der Waals surface area contributed by atoms with Gasteiger partial charge < -0.3 is 5.32 Å². The molecule has 96 valence electrons. The average molecular weight is 234 g/mol. The lowest BCUT2D eigenvalue weighted by Crippen LogP contribution is -2.35. The summed E-state index contributed by atoms with van der Waals surface area (Å²) in [4.78, 5) is 4.55. The Balaban J connectivity index is 2.85. The molecule has 1 heterocycles. The number of aryl methyl sites for hydroxylation is 1. The van der Waals surface area contributed by atoms with Crippen LogP contribution >= 0.6 is 0 Å². The lowest BCUT2D eigenvalue weighted by molar-refractivity contribution is 0.371. The van der Waals surface area contributed by atoms with Gasteiger partial charge in [0.2, 0.25) is 0 Å². The van der Waals surface area contributed by atoms with Gasteiger partial charge in [0.25, 0.3) is 0 Å². The number of hydrogen-bond donors (Lipinski definition) is 1. The SMILES string of the molecule is CCCNC(C)C(c1cc(C)ccn1)C(C)C. The maximum absolute atomic E-state index is 4.55. The Morgan fingerprint density at radius 3 is 2.53 bits per heavy atom. The molecule has 0 fully saturated rings. The molecule has 1 N–H and O–H groups in total. The van der Waals surface area contributed by atoms with Gasteiger partial charge in [-0.05, 0) is 50.4 Å². The first-order valence-electron chi connectivity index (χ1n) is 6.72. The van der Waals surface area contributed by atoms with Gasteiger partial charge in [-0.2, -0.15) is 0 Å². The van der Waals surface area contributed by atoms with Crippen molar-refractivity contribution in [3.05, 3.63) is 29.6 Å². The van der Waals surface area contributed by atoms with Gasteiger partial charge in [0.15, 0.2) is 0 Å². The van der Waals surface area contributed by atoms with E-state index in [-0.39, 0.29) is 0 Å². The summed E-state index contributed by atoms with van der Waals surface area (Å²) in [5.74, 6) is 1.09. The van der Waals surface area contributed by atoms with E-state index in [4.69, 9.17) is 0 Å². The number of hydrogen-bond acceptors (Lipinski definition) is 2. The molecule has 1 rings (SSSR count). The molecule has 0 aromatic carbocycles. The summed E-state index contributed by atoms with van der Waals surface area (Å²) in [6.07, 6.45) is 3.10. The van der Waals surface area contributed by atoms with Gasteiger partial charge in [-0.25, -0.2) is 0 Å². The fourth-order valence-corrected chi connectivity index (χ4v) is 2.42. The van der Waals surface area contributed by atoms with E-state index in [1.807, 2.05) is 6.20 Å². The Morgan fingerprint density at radius 2 is 2.00 bits per heavy atom. The molecule has 0 saturated heterocycles. The second kappa shape index (κ2) is 6.75. The lowest BCUT2D eigenvalue weighted by Gasteiger charge is -2.28. The van der Waals surface area contributed by atoms with Crippen LogP contribution in [0, 0.1) is 12.8 Å². The van der Waals surface area contributed by atoms with Gasteiger partial charge in [-0.1, -0.05) is 20.8 Å². The summed E-state index contributed by atoms with van der Waals surface area (Å²) in [7, 11) is 0. The molecule has 2 heteroatoms. The van der Waals surface area contributed by atoms with Crippen LogP contribution < -0.4 is 5.32 Å². The van der Waals surface area contributed by atoms with Crippen LogP contribution in [0.3, 0.4) is 0 Å². The molecule has 0 bridgehead atoms. The molecule has 1 aromatic heterocycles. The average Bonchev–Trinajstić information content (AvgIpc) is 2.26. The van der Waals surface area contributed by atoms with Gasteiger partial charge in [-0.15, -0.1) is 0 Å². The molecular formula is C15H26N2. The second-order valence-corrected chi connectivity index (χ2v) is 5.27. The highest BCUT2D eigenvalue weighted by molar-refractivity contribution is 5.19. The molecule has 2 atom stereocenters. The predicted octanol–water partition coefficient (Wildman–Crippen LogP) is 3.52. The Bertz CT molecular complexity index is 333. The maximum Gasteiger partial charge on any atom is 0.0455 e. The molecule has 1 aromatic rings. The first-order valence-corrected chi connectivity index (χ1v) is 6.72. The Kier molecular flexibility index (Phi) is 5.63. The van der Waals surface area contributed by atoms with Gasteiger partial charge in [-0.3, -0.25) is 4.98 Å². The van der Waals surface area contributed by atoms with Crippen LogP contribution in [0.1, 0.15) is 51.3 Å². The quantitative estimate of drug-likeness (QED) is 0.814. The molecule has 0 saturated carbocycles. The van der Waals surface area contributed by atoms with Crippen LogP contribution in [0.4, 0.5) is 0 Å². The fourth-order valence-electron chi connectivity index (χ4n) is 2.42. The van der Waals surface area contributed by atoms with Gasteiger partial charge in [0.1, 0.15) is 0 Å². The van der Waals surface area contributed by atoms with Crippen molar-refractivity contribution in [2.45, 2.75) is 53.0 Å². The zero-order valence-corrected chi connectivity index (χ0v) is 11.8. The minimum absolute atomic E-state index is 0.476. The topological polar surface area (TPSA) is 24.9 Å². The number of nitrogens with zero attached hydrogens (tertiary/aromatic N) is 1. The van der Waals surface area contributed by atoms with E-state index in [2.05, 4.69) is 57.1 Å². The summed E-state index contributed by atoms with van der Waals surface area (Å²) in [5.41, 5.74) is 2.51. The number of nitrogens with one attached hydrogen (secondary N) is 1. The van der Waals surface area contributed by atoms with Gasteiger partial charge in [0.05, 0.1) is 0 Å². The van der Waals surface area contributed by atoms with Crippen LogP contribution in [-0.2, 0) is 0 Å². The van der Waals surface area contributed by atoms with E-state index >= 15 is 0 Å². The van der Waals surface area contributed by atoms with E-state index in [0.717, 1.165) is 6.54 Å². The zero-order valence-electron chi connectivity index (χ0n) is 11.8. The van der Waals surface area contributed by atoms with Crippen molar-refractivity contribution >= 4 is 0 Å². The summed E-state index contributed by atoms with van der Waals surface area (Å²) >= 11 is 0. The fraction of sp³-hybridized carbons (Fsp3) is 0.667. The third-order valence-corrected chi connectivity index (χ3v) is 3.25. The Labute approximate surface area is 106 Å². The van der Waals surface area contributed by atoms with Crippen molar-refractivity contribution in [3.8, 4) is 0 Å². The minimum Gasteiger partial charge on any atom is -0.314 e. The predicted molar refractivity (Wildman–Crippen MR) is 74.3 cm³/mol. The third kappa shape index (κ3) is 4.12. The van der Waals surface area contributed by atoms with Crippen LogP contribution in [0.2, 0.25) is 0 Å². The minimum atomic E-state index is 0.476. The van der Waals surface area contributed by atoms with E-state index in [0.29, 0.717) is 17.9 Å². The number of aromatic nitrogens is 1. The zero-order chi connectivity index (χ0) is 12.8. The first-order chi connectivity index (χ1) is 8.06. The highest BCUT2D eigenvalue weighted by atomic mass is 14.9. The standard InChI is InChI=1S/C15H26N2/c1-6-8-16-13(5)15(11(2)3)14-10-12(4)7-9-17-14/h7,9-11,13,15-16H,6,8H2,1-5H3. The largest absolute Gasteiger partial charge is 0.314 e.